The fraction of sp³-hybridized carbons (Fsp3) is 0.429. The van der Waals surface area contributed by atoms with Crippen LogP contribution in [0.15, 0.2) is 24.3 Å². The van der Waals surface area contributed by atoms with Crippen molar-refractivity contribution in [2.75, 3.05) is 18.0 Å². The van der Waals surface area contributed by atoms with Gasteiger partial charge in [0.15, 0.2) is 0 Å². The SMILES string of the molecule is Cc1ccccc1N(CCC(=O)O)CC(C)C(=O)O. The number of hydrogen-bond acceptors (Lipinski definition) is 3. The molecule has 5 heteroatoms. The molecule has 1 unspecified atom stereocenters. The van der Waals surface area contributed by atoms with Gasteiger partial charge in [0.05, 0.1) is 12.3 Å². The molecule has 0 radical (unpaired) electrons. The summed E-state index contributed by atoms with van der Waals surface area (Å²) in [7, 11) is 0. The molecule has 0 bridgehead atoms. The van der Waals surface area contributed by atoms with Crippen molar-refractivity contribution in [2.45, 2.75) is 20.3 Å². The summed E-state index contributed by atoms with van der Waals surface area (Å²) in [5.41, 5.74) is 1.89. The molecule has 1 aromatic rings. The topological polar surface area (TPSA) is 77.8 Å². The van der Waals surface area contributed by atoms with E-state index in [2.05, 4.69) is 0 Å². The maximum Gasteiger partial charge on any atom is 0.308 e. The number of carboxylic acid groups (broad SMARTS) is 2. The van der Waals surface area contributed by atoms with Gasteiger partial charge in [0.1, 0.15) is 0 Å². The van der Waals surface area contributed by atoms with E-state index >= 15 is 0 Å². The number of rotatable bonds is 7. The molecule has 0 aromatic heterocycles. The molecule has 5 nitrogen and oxygen atoms in total. The van der Waals surface area contributed by atoms with Crippen LogP contribution in [0.4, 0.5) is 5.69 Å². The molecule has 2 N–H and O–H groups in total. The normalized spacial score (nSPS) is 11.9. The monoisotopic (exact) mass is 265 g/mol. The fourth-order valence-electron chi connectivity index (χ4n) is 1.87. The zero-order valence-corrected chi connectivity index (χ0v) is 11.2. The minimum absolute atomic E-state index is 0.0132. The highest BCUT2D eigenvalue weighted by atomic mass is 16.4. The van der Waals surface area contributed by atoms with Crippen LogP contribution in [-0.2, 0) is 9.59 Å². The molecule has 0 saturated heterocycles. The lowest BCUT2D eigenvalue weighted by Crippen LogP contribution is -2.34. The Morgan fingerprint density at radius 3 is 2.42 bits per heavy atom. The first kappa shape index (κ1) is 15.0. The summed E-state index contributed by atoms with van der Waals surface area (Å²) in [4.78, 5) is 23.5. The van der Waals surface area contributed by atoms with Crippen molar-refractivity contribution < 1.29 is 19.8 Å². The van der Waals surface area contributed by atoms with Crippen molar-refractivity contribution in [3.05, 3.63) is 29.8 Å². The predicted molar refractivity (Wildman–Crippen MR) is 72.4 cm³/mol. The molecular weight excluding hydrogens is 246 g/mol. The summed E-state index contributed by atoms with van der Waals surface area (Å²) < 4.78 is 0. The maximum absolute atomic E-state index is 10.9. The lowest BCUT2D eigenvalue weighted by Gasteiger charge is -2.27. The van der Waals surface area contributed by atoms with E-state index < -0.39 is 17.9 Å². The van der Waals surface area contributed by atoms with Crippen molar-refractivity contribution in [2.24, 2.45) is 5.92 Å². The Morgan fingerprint density at radius 1 is 1.26 bits per heavy atom. The summed E-state index contributed by atoms with van der Waals surface area (Å²) in [6.45, 7) is 4.15. The van der Waals surface area contributed by atoms with Crippen LogP contribution in [0.1, 0.15) is 18.9 Å². The highest BCUT2D eigenvalue weighted by Crippen LogP contribution is 2.21. The molecule has 0 aliphatic rings. The van der Waals surface area contributed by atoms with E-state index in [0.717, 1.165) is 11.3 Å². The first-order chi connectivity index (χ1) is 8.91. The molecule has 0 saturated carbocycles. The lowest BCUT2D eigenvalue weighted by atomic mass is 10.1. The number of benzene rings is 1. The third-order valence-corrected chi connectivity index (χ3v) is 2.97. The van der Waals surface area contributed by atoms with Crippen molar-refractivity contribution in [3.8, 4) is 0 Å². The van der Waals surface area contributed by atoms with Crippen LogP contribution in [0.25, 0.3) is 0 Å². The number of aryl methyl sites for hydroxylation is 1. The standard InChI is InChI=1S/C14H19NO4/c1-10-5-3-4-6-12(10)15(8-7-13(16)17)9-11(2)14(18)19/h3-6,11H,7-9H2,1-2H3,(H,16,17)(H,18,19). The Bertz CT molecular complexity index is 459. The number of para-hydroxylation sites is 1. The number of carboxylic acids is 2. The van der Waals surface area contributed by atoms with Gasteiger partial charge in [-0.25, -0.2) is 0 Å². The van der Waals surface area contributed by atoms with Gasteiger partial charge in [0.2, 0.25) is 0 Å². The zero-order chi connectivity index (χ0) is 14.4. The second kappa shape index (κ2) is 6.78. The molecule has 0 aliphatic carbocycles. The van der Waals surface area contributed by atoms with Crippen molar-refractivity contribution in [3.63, 3.8) is 0 Å². The molecule has 19 heavy (non-hydrogen) atoms. The fourth-order valence-corrected chi connectivity index (χ4v) is 1.87. The molecule has 0 fully saturated rings. The van der Waals surface area contributed by atoms with Crippen LogP contribution < -0.4 is 4.90 Å². The van der Waals surface area contributed by atoms with E-state index in [0.29, 0.717) is 13.1 Å². The van der Waals surface area contributed by atoms with Gasteiger partial charge >= 0.3 is 11.9 Å². The Labute approximate surface area is 112 Å². The van der Waals surface area contributed by atoms with E-state index in [4.69, 9.17) is 10.2 Å². The molecule has 1 rings (SSSR count). The van der Waals surface area contributed by atoms with Crippen LogP contribution in [0.5, 0.6) is 0 Å². The molecule has 0 aliphatic heterocycles. The minimum Gasteiger partial charge on any atom is -0.481 e. The summed E-state index contributed by atoms with van der Waals surface area (Å²) >= 11 is 0. The smallest absolute Gasteiger partial charge is 0.308 e. The molecule has 1 atom stereocenters. The second-order valence-corrected chi connectivity index (χ2v) is 4.62. The Balaban J connectivity index is 2.88. The minimum atomic E-state index is -0.887. The quantitative estimate of drug-likeness (QED) is 0.788. The molecule has 0 amide bonds. The molecule has 0 heterocycles. The summed E-state index contributed by atoms with van der Waals surface area (Å²) in [5, 5.41) is 17.8. The molecular formula is C14H19NO4. The van der Waals surface area contributed by atoms with E-state index in [1.54, 1.807) is 6.92 Å². The van der Waals surface area contributed by atoms with Crippen LogP contribution in [0.3, 0.4) is 0 Å². The lowest BCUT2D eigenvalue weighted by molar-refractivity contribution is -0.140. The van der Waals surface area contributed by atoms with E-state index in [-0.39, 0.29) is 6.42 Å². The average molecular weight is 265 g/mol. The number of anilines is 1. The van der Waals surface area contributed by atoms with Gasteiger partial charge in [-0.1, -0.05) is 25.1 Å². The summed E-state index contributed by atoms with van der Waals surface area (Å²) in [6, 6.07) is 7.57. The Hall–Kier alpha value is -2.04. The van der Waals surface area contributed by atoms with Crippen LogP contribution in [0, 0.1) is 12.8 Å². The third kappa shape index (κ3) is 4.62. The van der Waals surface area contributed by atoms with E-state index in [1.807, 2.05) is 36.1 Å². The van der Waals surface area contributed by atoms with Gasteiger partial charge < -0.3 is 15.1 Å². The number of carbonyl (C=O) groups is 2. The van der Waals surface area contributed by atoms with E-state index in [1.165, 1.54) is 0 Å². The van der Waals surface area contributed by atoms with Crippen molar-refractivity contribution in [1.82, 2.24) is 0 Å². The largest absolute Gasteiger partial charge is 0.481 e. The zero-order valence-electron chi connectivity index (χ0n) is 11.2. The van der Waals surface area contributed by atoms with Gasteiger partial charge in [-0.3, -0.25) is 9.59 Å². The van der Waals surface area contributed by atoms with E-state index in [9.17, 15) is 9.59 Å². The first-order valence-electron chi connectivity index (χ1n) is 6.17. The maximum atomic E-state index is 10.9. The van der Waals surface area contributed by atoms with Gasteiger partial charge in [0.25, 0.3) is 0 Å². The van der Waals surface area contributed by atoms with Gasteiger partial charge in [-0.05, 0) is 18.6 Å². The highest BCUT2D eigenvalue weighted by Gasteiger charge is 2.18. The summed E-state index contributed by atoms with van der Waals surface area (Å²) in [6.07, 6.45) is -0.0132. The predicted octanol–water partition coefficient (Wildman–Crippen LogP) is 2.00. The molecule has 1 aromatic carbocycles. The van der Waals surface area contributed by atoms with Crippen molar-refractivity contribution in [1.29, 1.82) is 0 Å². The summed E-state index contributed by atoms with van der Waals surface area (Å²) in [5.74, 6) is -2.32. The van der Waals surface area contributed by atoms with Gasteiger partial charge in [0, 0.05) is 18.8 Å². The van der Waals surface area contributed by atoms with Gasteiger partial charge in [-0.2, -0.15) is 0 Å². The average Bonchev–Trinajstić information content (AvgIpc) is 2.34. The molecule has 104 valence electrons. The third-order valence-electron chi connectivity index (χ3n) is 2.97. The van der Waals surface area contributed by atoms with Gasteiger partial charge in [-0.15, -0.1) is 0 Å². The highest BCUT2D eigenvalue weighted by molar-refractivity contribution is 5.71. The Kier molecular flexibility index (Phi) is 5.36. The van der Waals surface area contributed by atoms with Crippen molar-refractivity contribution >= 4 is 17.6 Å². The molecule has 0 spiro atoms. The first-order valence-corrected chi connectivity index (χ1v) is 6.17. The number of hydrogen-bond donors (Lipinski definition) is 2. The van der Waals surface area contributed by atoms with Crippen LogP contribution >= 0.6 is 0 Å². The van der Waals surface area contributed by atoms with Crippen LogP contribution in [0.2, 0.25) is 0 Å². The van der Waals surface area contributed by atoms with Crippen LogP contribution in [-0.4, -0.2) is 35.2 Å². The second-order valence-electron chi connectivity index (χ2n) is 4.62. The number of nitrogens with zero attached hydrogens (tertiary/aromatic N) is 1. The Morgan fingerprint density at radius 2 is 1.89 bits per heavy atom. The number of aliphatic carboxylic acids is 2.